The summed E-state index contributed by atoms with van der Waals surface area (Å²) in [6.07, 6.45) is 5.50. The Morgan fingerprint density at radius 3 is 0.870 bits per heavy atom. The number of hydrogen-bond donors (Lipinski definition) is 0. The van der Waals surface area contributed by atoms with Gasteiger partial charge in [-0.25, -0.2) is 0 Å². The molecule has 0 N–H and O–H groups in total. The van der Waals surface area contributed by atoms with Gasteiger partial charge in [-0.1, -0.05) is 72.8 Å². The molecule has 0 fully saturated rings. The Morgan fingerprint density at radius 1 is 0.326 bits per heavy atom. The van der Waals surface area contributed by atoms with Crippen molar-refractivity contribution < 1.29 is 20.1 Å². The number of nitrogens with zero attached hydrogens (tertiary/aromatic N) is 3. The van der Waals surface area contributed by atoms with Gasteiger partial charge in [-0.15, -0.1) is 34.0 Å². The van der Waals surface area contributed by atoms with Gasteiger partial charge in [0, 0.05) is 32.7 Å². The molecule has 222 valence electrons. The van der Waals surface area contributed by atoms with Crippen LogP contribution in [0.1, 0.15) is 0 Å². The first-order valence-corrected chi connectivity index (χ1v) is 16.9. The van der Waals surface area contributed by atoms with Crippen molar-refractivity contribution in [1.29, 1.82) is 0 Å². The molecule has 0 spiro atoms. The Balaban J connectivity index is 0.000000120. The van der Waals surface area contributed by atoms with Gasteiger partial charge in [-0.3, -0.25) is 15.0 Å². The van der Waals surface area contributed by atoms with E-state index in [1.165, 1.54) is 44.9 Å². The predicted octanol–water partition coefficient (Wildman–Crippen LogP) is 11.9. The fourth-order valence-electron chi connectivity index (χ4n) is 4.85. The smallest absolute Gasteiger partial charge is 0.255 e. The van der Waals surface area contributed by atoms with E-state index < -0.39 is 0 Å². The number of thiophene rings is 3. The van der Waals surface area contributed by atoms with Crippen LogP contribution in [-0.4, -0.2) is 15.0 Å². The van der Waals surface area contributed by atoms with Crippen molar-refractivity contribution in [2.45, 2.75) is 0 Å². The molecule has 0 radical (unpaired) electrons. The monoisotopic (exact) mass is 826 g/mol. The summed E-state index contributed by atoms with van der Waals surface area (Å²) in [6, 6.07) is 49.9. The van der Waals surface area contributed by atoms with Crippen molar-refractivity contribution in [3.63, 3.8) is 0 Å². The van der Waals surface area contributed by atoms with Gasteiger partial charge in [0.1, 0.15) is 0 Å². The number of pyridine rings is 3. The molecule has 9 rings (SSSR count). The summed E-state index contributed by atoms with van der Waals surface area (Å²) in [5, 5.41) is 3.88. The van der Waals surface area contributed by atoms with Gasteiger partial charge >= 0.3 is 20.1 Å². The van der Waals surface area contributed by atoms with Crippen molar-refractivity contribution in [2.24, 2.45) is 0 Å². The van der Waals surface area contributed by atoms with Crippen molar-refractivity contribution in [3.05, 3.63) is 164 Å². The molecule has 46 heavy (non-hydrogen) atoms. The molecule has 0 amide bonds. The van der Waals surface area contributed by atoms with Crippen molar-refractivity contribution >= 4 is 64.3 Å². The molecule has 0 aliphatic carbocycles. The standard InChI is InChI=1S/3C13H9NS.Ir/c3*1-2-7-12-10(5-1)9-13(15-12)11-6-3-4-8-14-11;/h3*1-9H;/q;;;+3. The van der Waals surface area contributed by atoms with E-state index in [4.69, 9.17) is 0 Å². The zero-order valence-corrected chi connectivity index (χ0v) is 29.3. The molecule has 0 saturated heterocycles. The largest absolute Gasteiger partial charge is 3.00 e. The molecular weight excluding hydrogens is 799 g/mol. The number of hydrogen-bond acceptors (Lipinski definition) is 6. The van der Waals surface area contributed by atoms with E-state index in [0.29, 0.717) is 0 Å². The molecule has 9 aromatic rings. The summed E-state index contributed by atoms with van der Waals surface area (Å²) < 4.78 is 3.95. The Labute approximate surface area is 293 Å². The zero-order chi connectivity index (χ0) is 30.3. The summed E-state index contributed by atoms with van der Waals surface area (Å²) in [6.45, 7) is 0. The van der Waals surface area contributed by atoms with Crippen LogP contribution >= 0.6 is 34.0 Å². The molecule has 0 saturated carbocycles. The Morgan fingerprint density at radius 2 is 0.609 bits per heavy atom. The van der Waals surface area contributed by atoms with Crippen molar-refractivity contribution in [2.75, 3.05) is 0 Å². The van der Waals surface area contributed by atoms with E-state index in [2.05, 4.69) is 106 Å². The maximum atomic E-state index is 4.35. The minimum absolute atomic E-state index is 0. The van der Waals surface area contributed by atoms with E-state index in [0.717, 1.165) is 17.1 Å². The van der Waals surface area contributed by atoms with E-state index in [9.17, 15) is 0 Å². The fourth-order valence-corrected chi connectivity index (χ4v) is 7.97. The van der Waals surface area contributed by atoms with Crippen molar-refractivity contribution in [1.82, 2.24) is 15.0 Å². The summed E-state index contributed by atoms with van der Waals surface area (Å²) >= 11 is 5.36. The van der Waals surface area contributed by atoms with E-state index in [-0.39, 0.29) is 20.1 Å². The third kappa shape index (κ3) is 7.53. The minimum Gasteiger partial charge on any atom is -0.255 e. The molecule has 3 aromatic carbocycles. The first-order valence-electron chi connectivity index (χ1n) is 14.5. The second-order valence-electron chi connectivity index (χ2n) is 10.1. The number of aromatic nitrogens is 3. The molecule has 0 atom stereocenters. The molecule has 7 heteroatoms. The normalized spacial score (nSPS) is 10.4. The SMILES string of the molecule is [Ir+3].c1ccc(-c2cc3ccccc3s2)nc1.c1ccc(-c2cc3ccccc3s2)nc1.c1ccc(-c2cc3ccccc3s2)nc1. The summed E-state index contributed by atoms with van der Waals surface area (Å²) in [5.74, 6) is 0. The maximum Gasteiger partial charge on any atom is 3.00 e. The van der Waals surface area contributed by atoms with Crippen LogP contribution in [0.25, 0.3) is 62.0 Å². The molecule has 0 aliphatic heterocycles. The molecule has 6 heterocycles. The van der Waals surface area contributed by atoms with E-state index in [1.54, 1.807) is 34.0 Å². The third-order valence-corrected chi connectivity index (χ3v) is 10.4. The maximum absolute atomic E-state index is 4.35. The van der Waals surface area contributed by atoms with Gasteiger partial charge in [-0.05, 0) is 89.0 Å². The van der Waals surface area contributed by atoms with Gasteiger partial charge in [-0.2, -0.15) is 0 Å². The number of fused-ring (bicyclic) bond motifs is 3. The predicted molar refractivity (Wildman–Crippen MR) is 195 cm³/mol. The zero-order valence-electron chi connectivity index (χ0n) is 24.5. The van der Waals surface area contributed by atoms with Crippen LogP contribution in [-0.2, 0) is 20.1 Å². The molecule has 3 nitrogen and oxygen atoms in total. The summed E-state index contributed by atoms with van der Waals surface area (Å²) in [4.78, 5) is 16.8. The average Bonchev–Trinajstić information content (AvgIpc) is 3.87. The molecular formula is C39H27IrN3S3+3. The number of rotatable bonds is 3. The minimum atomic E-state index is 0. The third-order valence-electron chi connectivity index (χ3n) is 7.03. The Hall–Kier alpha value is -4.36. The molecule has 0 unspecified atom stereocenters. The van der Waals surface area contributed by atoms with E-state index >= 15 is 0 Å². The van der Waals surface area contributed by atoms with Gasteiger partial charge in [0.05, 0.1) is 31.7 Å². The Kier molecular flexibility index (Phi) is 10.5. The van der Waals surface area contributed by atoms with Crippen molar-refractivity contribution in [3.8, 4) is 31.7 Å². The fraction of sp³-hybridized carbons (Fsp3) is 0. The van der Waals surface area contributed by atoms with Crippen LogP contribution in [0.4, 0.5) is 0 Å². The second-order valence-corrected chi connectivity index (χ2v) is 13.3. The average molecular weight is 826 g/mol. The quantitative estimate of drug-likeness (QED) is 0.178. The Bertz CT molecular complexity index is 1920. The van der Waals surface area contributed by atoms with Crippen LogP contribution in [0.15, 0.2) is 164 Å². The van der Waals surface area contributed by atoms with Crippen LogP contribution in [0, 0.1) is 0 Å². The molecule has 0 bridgehead atoms. The first-order chi connectivity index (χ1) is 22.3. The van der Waals surface area contributed by atoms with E-state index in [1.807, 2.05) is 73.2 Å². The van der Waals surface area contributed by atoms with Gasteiger partial charge in [0.25, 0.3) is 0 Å². The number of benzene rings is 3. The van der Waals surface area contributed by atoms with Gasteiger partial charge in [0.2, 0.25) is 0 Å². The topological polar surface area (TPSA) is 38.7 Å². The van der Waals surface area contributed by atoms with Crippen LogP contribution in [0.5, 0.6) is 0 Å². The molecule has 0 aliphatic rings. The van der Waals surface area contributed by atoms with Crippen LogP contribution in [0.2, 0.25) is 0 Å². The second kappa shape index (κ2) is 15.3. The van der Waals surface area contributed by atoms with Crippen LogP contribution < -0.4 is 0 Å². The first kappa shape index (κ1) is 31.6. The molecule has 6 aromatic heterocycles. The van der Waals surface area contributed by atoms with Gasteiger partial charge in [0.15, 0.2) is 0 Å². The summed E-state index contributed by atoms with van der Waals surface area (Å²) in [7, 11) is 0. The van der Waals surface area contributed by atoms with Gasteiger partial charge < -0.3 is 0 Å². The van der Waals surface area contributed by atoms with Crippen LogP contribution in [0.3, 0.4) is 0 Å². The summed E-state index contributed by atoms with van der Waals surface area (Å²) in [5.41, 5.74) is 3.16.